The summed E-state index contributed by atoms with van der Waals surface area (Å²) in [6.07, 6.45) is 3.50. The average molecular weight is 261 g/mol. The Morgan fingerprint density at radius 2 is 1.95 bits per heavy atom. The Morgan fingerprint density at radius 3 is 2.53 bits per heavy atom. The lowest BCUT2D eigenvalue weighted by molar-refractivity contribution is 0.355. The van der Waals surface area contributed by atoms with Crippen LogP contribution in [0, 0.1) is 11.8 Å². The summed E-state index contributed by atoms with van der Waals surface area (Å²) in [4.78, 5) is 7.28. The molecule has 1 aliphatic rings. The number of pyridine rings is 1. The molecule has 1 aliphatic heterocycles. The average Bonchev–Trinajstić information content (AvgIpc) is 2.37. The maximum absolute atomic E-state index is 5.82. The minimum Gasteiger partial charge on any atom is -0.356 e. The lowest BCUT2D eigenvalue weighted by Crippen LogP contribution is -2.39. The van der Waals surface area contributed by atoms with Gasteiger partial charge in [-0.3, -0.25) is 0 Å². The van der Waals surface area contributed by atoms with Crippen molar-refractivity contribution in [1.82, 2.24) is 4.98 Å². The lowest BCUT2D eigenvalue weighted by Gasteiger charge is -2.36. The SMILES string of the molecule is CCCc1cc(CN)cc(N2CC(C)CC(C)C2)n1. The number of anilines is 1. The van der Waals surface area contributed by atoms with E-state index < -0.39 is 0 Å². The van der Waals surface area contributed by atoms with Crippen LogP contribution in [0.2, 0.25) is 0 Å². The molecule has 3 nitrogen and oxygen atoms in total. The summed E-state index contributed by atoms with van der Waals surface area (Å²) in [6, 6.07) is 4.33. The zero-order chi connectivity index (χ0) is 13.8. The van der Waals surface area contributed by atoms with Crippen molar-refractivity contribution in [3.05, 3.63) is 23.4 Å². The first-order chi connectivity index (χ1) is 9.12. The van der Waals surface area contributed by atoms with Gasteiger partial charge in [0, 0.05) is 25.3 Å². The van der Waals surface area contributed by atoms with Crippen molar-refractivity contribution in [3.63, 3.8) is 0 Å². The van der Waals surface area contributed by atoms with E-state index in [2.05, 4.69) is 37.8 Å². The van der Waals surface area contributed by atoms with E-state index in [1.54, 1.807) is 0 Å². The molecule has 0 aromatic carbocycles. The van der Waals surface area contributed by atoms with E-state index in [9.17, 15) is 0 Å². The van der Waals surface area contributed by atoms with E-state index in [-0.39, 0.29) is 0 Å². The molecule has 0 spiro atoms. The standard InChI is InChI=1S/C16H27N3/c1-4-5-15-7-14(9-17)8-16(18-15)19-10-12(2)6-13(3)11-19/h7-8,12-13H,4-6,9-11,17H2,1-3H3. The largest absolute Gasteiger partial charge is 0.356 e. The summed E-state index contributed by atoms with van der Waals surface area (Å²) in [5.41, 5.74) is 8.22. The molecule has 0 amide bonds. The predicted molar refractivity (Wildman–Crippen MR) is 81.3 cm³/mol. The van der Waals surface area contributed by atoms with Crippen LogP contribution in [-0.2, 0) is 13.0 Å². The molecule has 2 rings (SSSR count). The molecule has 1 fully saturated rings. The van der Waals surface area contributed by atoms with Crippen LogP contribution in [0.1, 0.15) is 44.9 Å². The van der Waals surface area contributed by atoms with Crippen molar-refractivity contribution in [3.8, 4) is 0 Å². The summed E-state index contributed by atoms with van der Waals surface area (Å²) in [5.74, 6) is 2.63. The zero-order valence-electron chi connectivity index (χ0n) is 12.5. The predicted octanol–water partition coefficient (Wildman–Crippen LogP) is 2.98. The van der Waals surface area contributed by atoms with Gasteiger partial charge < -0.3 is 10.6 Å². The van der Waals surface area contributed by atoms with Crippen LogP contribution in [0.3, 0.4) is 0 Å². The summed E-state index contributed by atoms with van der Waals surface area (Å²) in [6.45, 7) is 9.71. The molecule has 0 aliphatic carbocycles. The van der Waals surface area contributed by atoms with E-state index in [4.69, 9.17) is 10.7 Å². The van der Waals surface area contributed by atoms with Gasteiger partial charge in [-0.2, -0.15) is 0 Å². The van der Waals surface area contributed by atoms with Crippen molar-refractivity contribution in [2.75, 3.05) is 18.0 Å². The van der Waals surface area contributed by atoms with Gasteiger partial charge in [-0.25, -0.2) is 4.98 Å². The summed E-state index contributed by atoms with van der Waals surface area (Å²) in [7, 11) is 0. The molecule has 2 N–H and O–H groups in total. The molecule has 106 valence electrons. The maximum atomic E-state index is 5.82. The van der Waals surface area contributed by atoms with Crippen molar-refractivity contribution in [2.45, 2.75) is 46.6 Å². The quantitative estimate of drug-likeness (QED) is 0.906. The molecule has 2 heterocycles. The van der Waals surface area contributed by atoms with Crippen LogP contribution < -0.4 is 10.6 Å². The van der Waals surface area contributed by atoms with E-state index in [0.29, 0.717) is 6.54 Å². The Balaban J connectivity index is 2.24. The van der Waals surface area contributed by atoms with Gasteiger partial charge in [-0.1, -0.05) is 27.2 Å². The molecule has 1 aromatic rings. The summed E-state index contributed by atoms with van der Waals surface area (Å²) in [5, 5.41) is 0. The molecule has 0 bridgehead atoms. The number of nitrogens with two attached hydrogens (primary N) is 1. The highest BCUT2D eigenvalue weighted by molar-refractivity contribution is 5.43. The molecule has 1 saturated heterocycles. The fraction of sp³-hybridized carbons (Fsp3) is 0.688. The van der Waals surface area contributed by atoms with Gasteiger partial charge in [0.1, 0.15) is 5.82 Å². The van der Waals surface area contributed by atoms with Crippen molar-refractivity contribution in [1.29, 1.82) is 0 Å². The van der Waals surface area contributed by atoms with E-state index in [1.165, 1.54) is 17.7 Å². The van der Waals surface area contributed by atoms with Gasteiger partial charge in [-0.15, -0.1) is 0 Å². The monoisotopic (exact) mass is 261 g/mol. The fourth-order valence-electron chi connectivity index (χ4n) is 3.15. The van der Waals surface area contributed by atoms with Crippen molar-refractivity contribution < 1.29 is 0 Å². The molecule has 2 atom stereocenters. The third-order valence-corrected chi connectivity index (χ3v) is 3.86. The first-order valence-corrected chi connectivity index (χ1v) is 7.57. The number of hydrogen-bond acceptors (Lipinski definition) is 3. The number of aryl methyl sites for hydroxylation is 1. The van der Waals surface area contributed by atoms with Crippen molar-refractivity contribution in [2.24, 2.45) is 17.6 Å². The third-order valence-electron chi connectivity index (χ3n) is 3.86. The Bertz CT molecular complexity index is 406. The molecule has 1 aromatic heterocycles. The third kappa shape index (κ3) is 3.69. The molecular formula is C16H27N3. The molecule has 3 heteroatoms. The second-order valence-electron chi connectivity index (χ2n) is 6.13. The van der Waals surface area contributed by atoms with Gasteiger partial charge >= 0.3 is 0 Å². The smallest absolute Gasteiger partial charge is 0.129 e. The number of piperidine rings is 1. The molecule has 2 unspecified atom stereocenters. The first kappa shape index (κ1) is 14.3. The minimum absolute atomic E-state index is 0.602. The summed E-state index contributed by atoms with van der Waals surface area (Å²) >= 11 is 0. The number of hydrogen-bond donors (Lipinski definition) is 1. The fourth-order valence-corrected chi connectivity index (χ4v) is 3.15. The van der Waals surface area contributed by atoms with Gasteiger partial charge in [-0.05, 0) is 42.4 Å². The molecular weight excluding hydrogens is 234 g/mol. The van der Waals surface area contributed by atoms with Crippen LogP contribution in [0.4, 0.5) is 5.82 Å². The lowest BCUT2D eigenvalue weighted by atomic mass is 9.92. The van der Waals surface area contributed by atoms with Crippen LogP contribution in [-0.4, -0.2) is 18.1 Å². The Labute approximate surface area is 117 Å². The van der Waals surface area contributed by atoms with Crippen LogP contribution in [0.5, 0.6) is 0 Å². The van der Waals surface area contributed by atoms with Gasteiger partial charge in [0.05, 0.1) is 0 Å². The van der Waals surface area contributed by atoms with Crippen LogP contribution in [0.15, 0.2) is 12.1 Å². The second-order valence-corrected chi connectivity index (χ2v) is 6.13. The highest BCUT2D eigenvalue weighted by Gasteiger charge is 2.23. The minimum atomic E-state index is 0.602. The van der Waals surface area contributed by atoms with Crippen molar-refractivity contribution >= 4 is 5.82 Å². The van der Waals surface area contributed by atoms with Gasteiger partial charge in [0.25, 0.3) is 0 Å². The normalized spacial score (nSPS) is 23.7. The molecule has 0 radical (unpaired) electrons. The topological polar surface area (TPSA) is 42.1 Å². The van der Waals surface area contributed by atoms with E-state index >= 15 is 0 Å². The highest BCUT2D eigenvalue weighted by atomic mass is 15.2. The Kier molecular flexibility index (Phi) is 4.81. The van der Waals surface area contributed by atoms with E-state index in [1.807, 2.05) is 0 Å². The number of aromatic nitrogens is 1. The van der Waals surface area contributed by atoms with Gasteiger partial charge in [0.2, 0.25) is 0 Å². The Hall–Kier alpha value is -1.09. The maximum Gasteiger partial charge on any atom is 0.129 e. The van der Waals surface area contributed by atoms with Crippen LogP contribution >= 0.6 is 0 Å². The molecule has 19 heavy (non-hydrogen) atoms. The summed E-state index contributed by atoms with van der Waals surface area (Å²) < 4.78 is 0. The Morgan fingerprint density at radius 1 is 1.26 bits per heavy atom. The number of nitrogens with zero attached hydrogens (tertiary/aromatic N) is 2. The second kappa shape index (κ2) is 6.38. The van der Waals surface area contributed by atoms with Gasteiger partial charge in [0.15, 0.2) is 0 Å². The number of rotatable bonds is 4. The van der Waals surface area contributed by atoms with Crippen LogP contribution in [0.25, 0.3) is 0 Å². The molecule has 0 saturated carbocycles. The highest BCUT2D eigenvalue weighted by Crippen LogP contribution is 2.26. The van der Waals surface area contributed by atoms with E-state index in [0.717, 1.165) is 43.6 Å². The zero-order valence-corrected chi connectivity index (χ0v) is 12.5. The first-order valence-electron chi connectivity index (χ1n) is 7.57.